The van der Waals surface area contributed by atoms with Crippen LogP contribution in [-0.2, 0) is 14.3 Å². The summed E-state index contributed by atoms with van der Waals surface area (Å²) in [6.07, 6.45) is 0. The zero-order chi connectivity index (χ0) is 28.0. The van der Waals surface area contributed by atoms with Crippen molar-refractivity contribution in [3.63, 3.8) is 0 Å². The Balaban J connectivity index is 1.10. The first kappa shape index (κ1) is 27.5. The molecule has 1 aliphatic rings. The highest BCUT2D eigenvalue weighted by molar-refractivity contribution is 8.01. The van der Waals surface area contributed by atoms with Crippen molar-refractivity contribution in [1.29, 1.82) is 0 Å². The molecule has 3 heterocycles. The Morgan fingerprint density at radius 1 is 0.902 bits per heavy atom. The van der Waals surface area contributed by atoms with E-state index in [0.29, 0.717) is 42.9 Å². The van der Waals surface area contributed by atoms with Crippen molar-refractivity contribution >= 4 is 62.6 Å². The second kappa shape index (κ2) is 12.9. The lowest BCUT2D eigenvalue weighted by atomic mass is 10.2. The van der Waals surface area contributed by atoms with Gasteiger partial charge in [-0.2, -0.15) is 0 Å². The number of anilines is 1. The van der Waals surface area contributed by atoms with Crippen LogP contribution >= 0.6 is 34.9 Å². The summed E-state index contributed by atoms with van der Waals surface area (Å²) in [4.78, 5) is 31.9. The second-order valence-electron chi connectivity index (χ2n) is 9.12. The second-order valence-corrected chi connectivity index (χ2v) is 12.3. The molecule has 1 saturated heterocycles. The number of carbonyl (C=O) groups excluding carboxylic acids is 2. The topological polar surface area (TPSA) is 102 Å². The third kappa shape index (κ3) is 6.62. The molecule has 0 unspecified atom stereocenters. The van der Waals surface area contributed by atoms with Crippen molar-refractivity contribution in [2.45, 2.75) is 9.50 Å². The molecule has 0 atom stereocenters. The van der Waals surface area contributed by atoms with Crippen molar-refractivity contribution in [1.82, 2.24) is 24.6 Å². The number of nitrogens with zero attached hydrogens (tertiary/aromatic N) is 5. The molecule has 0 bridgehead atoms. The van der Waals surface area contributed by atoms with E-state index in [-0.39, 0.29) is 17.6 Å². The summed E-state index contributed by atoms with van der Waals surface area (Å²) in [6, 6.07) is 25.4. The monoisotopic (exact) mass is 602 g/mol. The van der Waals surface area contributed by atoms with Crippen molar-refractivity contribution in [2.24, 2.45) is 0 Å². The maximum absolute atomic E-state index is 12.9. The highest BCUT2D eigenvalue weighted by Gasteiger charge is 2.19. The average Bonchev–Trinajstić information content (AvgIpc) is 3.64. The predicted octanol–water partition coefficient (Wildman–Crippen LogP) is 5.23. The molecule has 1 N–H and O–H groups in total. The fraction of sp³-hybridized carbons (Fsp3) is 0.207. The number of hydrogen-bond acceptors (Lipinski definition) is 9. The van der Waals surface area contributed by atoms with Crippen LogP contribution in [0.25, 0.3) is 27.3 Å². The van der Waals surface area contributed by atoms with Gasteiger partial charge in [0.25, 0.3) is 0 Å². The van der Waals surface area contributed by atoms with Crippen LogP contribution in [0.4, 0.5) is 5.69 Å². The number of ether oxygens (including phenoxy) is 1. The van der Waals surface area contributed by atoms with Gasteiger partial charge in [0.15, 0.2) is 15.3 Å². The maximum Gasteiger partial charge on any atom is 0.234 e. The molecule has 41 heavy (non-hydrogen) atoms. The van der Waals surface area contributed by atoms with Gasteiger partial charge in [0.2, 0.25) is 11.8 Å². The molecule has 0 aliphatic carbocycles. The Hall–Kier alpha value is -3.71. The number of hydrogen-bond donors (Lipinski definition) is 1. The average molecular weight is 603 g/mol. The Bertz CT molecular complexity index is 1650. The van der Waals surface area contributed by atoms with E-state index in [2.05, 4.69) is 20.5 Å². The lowest BCUT2D eigenvalue weighted by Gasteiger charge is -2.26. The van der Waals surface area contributed by atoms with E-state index in [0.717, 1.165) is 31.6 Å². The molecular weight excluding hydrogens is 577 g/mol. The minimum absolute atomic E-state index is 0.0991. The normalized spacial score (nSPS) is 13.4. The van der Waals surface area contributed by atoms with Gasteiger partial charge in [-0.05, 0) is 30.3 Å². The molecule has 0 spiro atoms. The van der Waals surface area contributed by atoms with Gasteiger partial charge in [0.1, 0.15) is 0 Å². The van der Waals surface area contributed by atoms with Crippen LogP contribution < -0.4 is 5.32 Å². The van der Waals surface area contributed by atoms with Crippen LogP contribution in [0.1, 0.15) is 0 Å². The van der Waals surface area contributed by atoms with Gasteiger partial charge in [-0.3, -0.25) is 14.2 Å². The number of morpholine rings is 1. The highest BCUT2D eigenvalue weighted by atomic mass is 32.2. The van der Waals surface area contributed by atoms with Gasteiger partial charge in [-0.1, -0.05) is 72.1 Å². The SMILES string of the molecule is O=C(CSc1nnc(-c2ccccc2)n1-c1ccccc1)Nc1ccc2nc(SCC(=O)N3CCOCC3)sc2c1. The Labute approximate surface area is 249 Å². The minimum atomic E-state index is -0.145. The van der Waals surface area contributed by atoms with Crippen molar-refractivity contribution in [2.75, 3.05) is 43.1 Å². The van der Waals surface area contributed by atoms with Gasteiger partial charge in [0.05, 0.1) is 34.9 Å². The van der Waals surface area contributed by atoms with Crippen molar-refractivity contribution < 1.29 is 14.3 Å². The standard InChI is InChI=1S/C29H26N6O3S3/c36-25(18-39-28-33-32-27(20-7-3-1-4-8-20)35(28)22-9-5-2-6-10-22)30-21-11-12-23-24(17-21)41-29(31-23)40-19-26(37)34-13-15-38-16-14-34/h1-12,17H,13-16,18-19H2,(H,30,36). The Morgan fingerprint density at radius 3 is 2.44 bits per heavy atom. The molecule has 6 rings (SSSR count). The van der Waals surface area contributed by atoms with E-state index in [1.807, 2.05) is 88.3 Å². The van der Waals surface area contributed by atoms with Crippen LogP contribution in [-0.4, -0.2) is 74.3 Å². The first-order valence-corrected chi connectivity index (χ1v) is 15.8. The molecule has 2 amide bonds. The number of para-hydroxylation sites is 1. The molecule has 9 nitrogen and oxygen atoms in total. The number of thiazole rings is 1. The zero-order valence-corrected chi connectivity index (χ0v) is 24.4. The lowest BCUT2D eigenvalue weighted by molar-refractivity contribution is -0.132. The molecule has 12 heteroatoms. The van der Waals surface area contributed by atoms with Crippen LogP contribution in [0.15, 0.2) is 88.4 Å². The predicted molar refractivity (Wildman–Crippen MR) is 164 cm³/mol. The van der Waals surface area contributed by atoms with Gasteiger partial charge >= 0.3 is 0 Å². The first-order chi connectivity index (χ1) is 20.1. The van der Waals surface area contributed by atoms with Gasteiger partial charge in [-0.25, -0.2) is 4.98 Å². The van der Waals surface area contributed by atoms with E-state index in [9.17, 15) is 9.59 Å². The van der Waals surface area contributed by atoms with E-state index in [1.54, 1.807) is 0 Å². The number of nitrogens with one attached hydrogen (secondary N) is 1. The molecule has 5 aromatic rings. The fourth-order valence-corrected chi connectivity index (χ4v) is 7.11. The van der Waals surface area contributed by atoms with Crippen molar-refractivity contribution in [3.05, 3.63) is 78.9 Å². The number of amides is 2. The van der Waals surface area contributed by atoms with Crippen LogP contribution in [0.3, 0.4) is 0 Å². The third-order valence-electron chi connectivity index (χ3n) is 6.35. The van der Waals surface area contributed by atoms with Crippen molar-refractivity contribution in [3.8, 4) is 17.1 Å². The fourth-order valence-electron chi connectivity index (χ4n) is 4.35. The summed E-state index contributed by atoms with van der Waals surface area (Å²) in [6.45, 7) is 2.46. The Kier molecular flexibility index (Phi) is 8.61. The maximum atomic E-state index is 12.9. The van der Waals surface area contributed by atoms with Gasteiger partial charge in [-0.15, -0.1) is 21.5 Å². The number of fused-ring (bicyclic) bond motifs is 1. The van der Waals surface area contributed by atoms with Gasteiger partial charge < -0.3 is 15.0 Å². The summed E-state index contributed by atoms with van der Waals surface area (Å²) in [5, 5.41) is 12.5. The minimum Gasteiger partial charge on any atom is -0.378 e. The largest absolute Gasteiger partial charge is 0.378 e. The molecule has 2 aromatic heterocycles. The molecule has 1 fully saturated rings. The van der Waals surface area contributed by atoms with Crippen LogP contribution in [0.5, 0.6) is 0 Å². The van der Waals surface area contributed by atoms with E-state index in [1.165, 1.54) is 34.9 Å². The number of aromatic nitrogens is 4. The first-order valence-electron chi connectivity index (χ1n) is 13.0. The number of benzene rings is 3. The molecule has 1 aliphatic heterocycles. The summed E-state index contributed by atoms with van der Waals surface area (Å²) < 4.78 is 9.07. The number of carbonyl (C=O) groups is 2. The number of rotatable bonds is 9. The molecule has 0 saturated carbocycles. The molecular formula is C29H26N6O3S3. The summed E-state index contributed by atoms with van der Waals surface area (Å²) in [5.41, 5.74) is 3.41. The smallest absolute Gasteiger partial charge is 0.234 e. The molecule has 3 aromatic carbocycles. The van der Waals surface area contributed by atoms with Crippen LogP contribution in [0, 0.1) is 0 Å². The zero-order valence-electron chi connectivity index (χ0n) is 21.9. The summed E-state index contributed by atoms with van der Waals surface area (Å²) >= 11 is 4.29. The van der Waals surface area contributed by atoms with E-state index < -0.39 is 0 Å². The van der Waals surface area contributed by atoms with Gasteiger partial charge in [0, 0.05) is 30.0 Å². The van der Waals surface area contributed by atoms with E-state index in [4.69, 9.17) is 4.74 Å². The highest BCUT2D eigenvalue weighted by Crippen LogP contribution is 2.32. The van der Waals surface area contributed by atoms with E-state index >= 15 is 0 Å². The van der Waals surface area contributed by atoms with Crippen LogP contribution in [0.2, 0.25) is 0 Å². The number of thioether (sulfide) groups is 2. The Morgan fingerprint density at radius 2 is 1.66 bits per heavy atom. The summed E-state index contributed by atoms with van der Waals surface area (Å²) in [5.74, 6) is 1.19. The molecule has 208 valence electrons. The lowest BCUT2D eigenvalue weighted by Crippen LogP contribution is -2.41. The quantitative estimate of drug-likeness (QED) is 0.229. The molecule has 0 radical (unpaired) electrons. The summed E-state index contributed by atoms with van der Waals surface area (Å²) in [7, 11) is 0. The third-order valence-corrected chi connectivity index (χ3v) is 9.42.